The van der Waals surface area contributed by atoms with Gasteiger partial charge in [-0.2, -0.15) is 0 Å². The van der Waals surface area contributed by atoms with Crippen molar-refractivity contribution in [2.45, 2.75) is 4.90 Å². The zero-order valence-corrected chi connectivity index (χ0v) is 23.2. The lowest BCUT2D eigenvalue weighted by atomic mass is 9.79. The average Bonchev–Trinajstić information content (AvgIpc) is 3.02. The van der Waals surface area contributed by atoms with Crippen LogP contribution in [0, 0.1) is 40.3 Å². The van der Waals surface area contributed by atoms with Crippen LogP contribution in [0.2, 0.25) is 0 Å². The molecule has 5 rings (SSSR count). The Morgan fingerprint density at radius 3 is 1.70 bits per heavy atom. The molecule has 0 saturated carbocycles. The molecule has 0 spiro atoms. The first-order chi connectivity index (χ1) is 20.8. The van der Waals surface area contributed by atoms with Crippen LogP contribution in [0.4, 0.5) is 34.9 Å². The molecule has 0 aromatic heterocycles. The van der Waals surface area contributed by atoms with E-state index in [9.17, 15) is 43.9 Å². The Labute approximate surface area is 247 Å². The Morgan fingerprint density at radius 1 is 0.636 bits per heavy atom. The van der Waals surface area contributed by atoms with Gasteiger partial charge in [-0.1, -0.05) is 77.0 Å². The fraction of sp³-hybridized carbons (Fsp3) is 0.0312. The van der Waals surface area contributed by atoms with Crippen molar-refractivity contribution in [3.63, 3.8) is 0 Å². The molecule has 5 aromatic carbocycles. The van der Waals surface area contributed by atoms with E-state index in [1.165, 1.54) is 0 Å². The van der Waals surface area contributed by atoms with E-state index >= 15 is 0 Å². The number of halogens is 8. The maximum Gasteiger partial charge on any atom is 0.515 e. The lowest BCUT2D eigenvalue weighted by molar-refractivity contribution is 0.102. The van der Waals surface area contributed by atoms with E-state index in [2.05, 4.69) is 11.2 Å². The Bertz CT molecular complexity index is 1910. The first-order valence-electron chi connectivity index (χ1n) is 12.7. The molecule has 5 aromatic rings. The molecular formula is C32H19BF8O2S. The summed E-state index contributed by atoms with van der Waals surface area (Å²) in [6, 6.07) is 31.9. The monoisotopic (exact) mass is 630 g/mol. The van der Waals surface area contributed by atoms with Gasteiger partial charge >= 0.3 is 6.98 Å². The van der Waals surface area contributed by atoms with Crippen LogP contribution in [0.5, 0.6) is 0 Å². The molecule has 12 heteroatoms. The molecular weight excluding hydrogens is 611 g/mol. The van der Waals surface area contributed by atoms with Gasteiger partial charge in [-0.15, -0.1) is 0 Å². The molecule has 0 fully saturated rings. The summed E-state index contributed by atoms with van der Waals surface area (Å²) < 4.78 is 111. The molecule has 0 aliphatic rings. The number of Topliss-reactive ketones (excluding diaryl/α,β-unsaturated/α-hetero) is 1. The van der Waals surface area contributed by atoms with E-state index < -0.39 is 51.5 Å². The van der Waals surface area contributed by atoms with Crippen molar-refractivity contribution in [1.82, 2.24) is 0 Å². The quantitative estimate of drug-likeness (QED) is 0.0375. The van der Waals surface area contributed by atoms with Gasteiger partial charge in [0.15, 0.2) is 33.4 Å². The molecule has 1 unspecified atom stereocenters. The molecule has 0 aliphatic heterocycles. The molecule has 0 N–H and O–H groups in total. The fourth-order valence-corrected chi connectivity index (χ4v) is 5.79. The molecule has 0 bridgehead atoms. The molecule has 224 valence electrons. The van der Waals surface area contributed by atoms with Crippen LogP contribution < -0.4 is 5.46 Å². The summed E-state index contributed by atoms with van der Waals surface area (Å²) >= 11 is 0. The van der Waals surface area contributed by atoms with Gasteiger partial charge in [0.2, 0.25) is 15.7 Å². The van der Waals surface area contributed by atoms with Gasteiger partial charge in [0.05, 0.1) is 0 Å². The summed E-state index contributed by atoms with van der Waals surface area (Å²) in [6.07, 6.45) is 0. The number of fused-ring (bicyclic) bond motifs is 1. The first kappa shape index (κ1) is 32.2. The zero-order valence-electron chi connectivity index (χ0n) is 22.3. The van der Waals surface area contributed by atoms with Crippen molar-refractivity contribution in [2.75, 3.05) is 5.75 Å². The highest BCUT2D eigenvalue weighted by Gasteiger charge is 2.38. The Morgan fingerprint density at radius 2 is 1.14 bits per heavy atom. The number of carbonyl (C=O) groups is 1. The molecule has 1 atom stereocenters. The summed E-state index contributed by atoms with van der Waals surface area (Å²) in [5.41, 5.74) is -1.41. The van der Waals surface area contributed by atoms with E-state index in [-0.39, 0.29) is 11.5 Å². The smallest absolute Gasteiger partial charge is 0.445 e. The second-order valence-corrected chi connectivity index (χ2v) is 11.6. The number of benzene rings is 5. The minimum atomic E-state index is -6.30. The minimum absolute atomic E-state index is 0.144. The molecule has 0 heterocycles. The average molecular weight is 630 g/mol. The number of hydrogen-bond acceptors (Lipinski definition) is 2. The van der Waals surface area contributed by atoms with Crippen molar-refractivity contribution in [3.8, 4) is 11.2 Å². The zero-order chi connectivity index (χ0) is 32.1. The molecule has 0 radical (unpaired) electrons. The summed E-state index contributed by atoms with van der Waals surface area (Å²) in [6.45, 7) is -6.30. The molecule has 0 amide bonds. The summed E-state index contributed by atoms with van der Waals surface area (Å²) in [5.74, 6) is -10.9. The number of ketones is 1. The summed E-state index contributed by atoms with van der Waals surface area (Å²) in [7, 11) is -2.88. The highest BCUT2D eigenvalue weighted by molar-refractivity contribution is 8.07. The van der Waals surface area contributed by atoms with E-state index in [0.29, 0.717) is 10.5 Å². The second-order valence-electron chi connectivity index (χ2n) is 9.27. The SMILES string of the molecule is Fc1c(F)c(F)c([B-](F)(F)F)c(F)c1F.O=C(C[S+](=O)(C#Cc1ccccc1)c1ccccc1)c1ccc2ccccc2c1. The first-order valence-corrected chi connectivity index (χ1v) is 14.4. The Kier molecular flexibility index (Phi) is 9.70. The Balaban J connectivity index is 0.000000249. The topological polar surface area (TPSA) is 34.1 Å². The van der Waals surface area contributed by atoms with Crippen LogP contribution in [0.1, 0.15) is 15.9 Å². The lowest BCUT2D eigenvalue weighted by Crippen LogP contribution is -2.41. The third kappa shape index (κ3) is 7.23. The van der Waals surface area contributed by atoms with Crippen LogP contribution in [-0.2, 0) is 14.1 Å². The van der Waals surface area contributed by atoms with E-state index in [1.807, 2.05) is 84.9 Å². The van der Waals surface area contributed by atoms with E-state index in [4.69, 9.17) is 0 Å². The predicted molar refractivity (Wildman–Crippen MR) is 154 cm³/mol. The molecule has 2 nitrogen and oxygen atoms in total. The van der Waals surface area contributed by atoms with E-state index in [0.717, 1.165) is 16.3 Å². The highest BCUT2D eigenvalue weighted by atomic mass is 32.2. The van der Waals surface area contributed by atoms with Crippen LogP contribution in [0.15, 0.2) is 108 Å². The number of carbonyl (C=O) groups excluding carboxylic acids is 1. The molecule has 0 saturated heterocycles. The molecule has 0 aliphatic carbocycles. The van der Waals surface area contributed by atoms with Crippen LogP contribution >= 0.6 is 0 Å². The van der Waals surface area contributed by atoms with Crippen LogP contribution in [-0.4, -0.2) is 18.5 Å². The largest absolute Gasteiger partial charge is 0.515 e. The van der Waals surface area contributed by atoms with Gasteiger partial charge in [-0.05, 0) is 52.5 Å². The van der Waals surface area contributed by atoms with Crippen molar-refractivity contribution in [3.05, 3.63) is 143 Å². The maximum atomic E-state index is 13.8. The van der Waals surface area contributed by atoms with Gasteiger partial charge in [-0.25, -0.2) is 22.0 Å². The number of hydrogen-bond donors (Lipinski definition) is 0. The van der Waals surface area contributed by atoms with Crippen LogP contribution in [0.3, 0.4) is 0 Å². The maximum absolute atomic E-state index is 13.8. The normalized spacial score (nSPS) is 12.4. The fourth-order valence-electron chi connectivity index (χ4n) is 4.02. The summed E-state index contributed by atoms with van der Waals surface area (Å²) in [4.78, 5) is 13.6. The Hall–Kier alpha value is -4.76. The standard InChI is InChI=1S/C26H19O2S.C6BF8/c27-26(24-16-15-22-11-7-8-12-23(22)19-24)20-29(28,25-13-5-2-6-14-25)18-17-21-9-3-1-4-10-21;8-2-1(7(13,14)15)3(9)5(11)6(12)4(2)10/h1-16,19H,20H2;/q+1;-1. The van der Waals surface area contributed by atoms with Crippen molar-refractivity contribution in [1.29, 1.82) is 0 Å². The summed E-state index contributed by atoms with van der Waals surface area (Å²) in [5, 5.41) is 4.98. The lowest BCUT2D eigenvalue weighted by Gasteiger charge is -2.17. The van der Waals surface area contributed by atoms with Gasteiger partial charge in [0, 0.05) is 11.1 Å². The highest BCUT2D eigenvalue weighted by Crippen LogP contribution is 2.23. The van der Waals surface area contributed by atoms with E-state index in [1.54, 1.807) is 18.2 Å². The second kappa shape index (κ2) is 13.3. The van der Waals surface area contributed by atoms with Crippen molar-refractivity contribution >= 4 is 38.9 Å². The van der Waals surface area contributed by atoms with Gasteiger partial charge in [0.25, 0.3) is 0 Å². The minimum Gasteiger partial charge on any atom is -0.445 e. The van der Waals surface area contributed by atoms with Crippen molar-refractivity contribution in [2.24, 2.45) is 0 Å². The van der Waals surface area contributed by atoms with Gasteiger partial charge < -0.3 is 12.9 Å². The van der Waals surface area contributed by atoms with Gasteiger partial charge in [-0.3, -0.25) is 4.79 Å². The van der Waals surface area contributed by atoms with Crippen LogP contribution in [0.25, 0.3) is 10.8 Å². The predicted octanol–water partition coefficient (Wildman–Crippen LogP) is 8.03. The third-order valence-corrected chi connectivity index (χ3v) is 8.37. The van der Waals surface area contributed by atoms with Crippen molar-refractivity contribution < 1.29 is 43.9 Å². The number of rotatable bonds is 5. The van der Waals surface area contributed by atoms with Gasteiger partial charge in [0.1, 0.15) is 11.6 Å². The molecule has 44 heavy (non-hydrogen) atoms. The third-order valence-electron chi connectivity index (χ3n) is 6.23.